The van der Waals surface area contributed by atoms with Crippen molar-refractivity contribution in [3.63, 3.8) is 0 Å². The summed E-state index contributed by atoms with van der Waals surface area (Å²) in [7, 11) is 0. The van der Waals surface area contributed by atoms with Gasteiger partial charge in [-0.1, -0.05) is 36.4 Å². The number of carboxylic acid groups (broad SMARTS) is 1. The Morgan fingerprint density at radius 1 is 1.15 bits per heavy atom. The van der Waals surface area contributed by atoms with Crippen LogP contribution in [0, 0.1) is 0 Å². The maximum Gasteiger partial charge on any atom is 0.416 e. The Kier molecular flexibility index (Phi) is 4.99. The zero-order chi connectivity index (χ0) is 18.7. The zero-order valence-electron chi connectivity index (χ0n) is 13.7. The van der Waals surface area contributed by atoms with Gasteiger partial charge in [-0.2, -0.15) is 13.2 Å². The number of rotatable bonds is 6. The lowest BCUT2D eigenvalue weighted by Gasteiger charge is -2.15. The molecule has 4 nitrogen and oxygen atoms in total. The molecule has 3 aromatic rings. The highest BCUT2D eigenvalue weighted by Gasteiger charge is 2.30. The minimum Gasteiger partial charge on any atom is -0.480 e. The number of carbonyl (C=O) groups is 1. The van der Waals surface area contributed by atoms with Crippen molar-refractivity contribution in [2.75, 3.05) is 0 Å². The maximum absolute atomic E-state index is 12.8. The quantitative estimate of drug-likeness (QED) is 0.622. The Hall–Kier alpha value is -2.80. The van der Waals surface area contributed by atoms with Crippen LogP contribution in [0.1, 0.15) is 16.7 Å². The van der Waals surface area contributed by atoms with Crippen LogP contribution in [-0.2, 0) is 23.9 Å². The molecule has 1 atom stereocenters. The molecule has 3 N–H and O–H groups in total. The standard InChI is InChI=1S/C19H17F3N2O2/c20-19(21,22)14-5-3-4-12(8-14)10-23-17(18(25)26)9-13-11-24-16-7-2-1-6-15(13)16/h1-8,11,17,23-24H,9-10H2,(H,25,26). The van der Waals surface area contributed by atoms with Crippen LogP contribution in [0.3, 0.4) is 0 Å². The average molecular weight is 362 g/mol. The fraction of sp³-hybridized carbons (Fsp3) is 0.211. The van der Waals surface area contributed by atoms with Crippen molar-refractivity contribution in [2.24, 2.45) is 0 Å². The van der Waals surface area contributed by atoms with Crippen LogP contribution in [0.5, 0.6) is 0 Å². The van der Waals surface area contributed by atoms with Gasteiger partial charge < -0.3 is 15.4 Å². The van der Waals surface area contributed by atoms with Gasteiger partial charge in [0.25, 0.3) is 0 Å². The molecule has 0 amide bonds. The number of aromatic amines is 1. The molecular weight excluding hydrogens is 345 g/mol. The second-order valence-electron chi connectivity index (χ2n) is 6.03. The molecule has 7 heteroatoms. The summed E-state index contributed by atoms with van der Waals surface area (Å²) < 4.78 is 38.3. The number of para-hydroxylation sites is 1. The highest BCUT2D eigenvalue weighted by molar-refractivity contribution is 5.84. The van der Waals surface area contributed by atoms with E-state index in [-0.39, 0.29) is 13.0 Å². The van der Waals surface area contributed by atoms with Gasteiger partial charge in [-0.25, -0.2) is 0 Å². The summed E-state index contributed by atoms with van der Waals surface area (Å²) in [6, 6.07) is 11.5. The molecule has 0 aliphatic carbocycles. The summed E-state index contributed by atoms with van der Waals surface area (Å²) in [6.45, 7) is 0.0310. The van der Waals surface area contributed by atoms with Crippen molar-refractivity contribution < 1.29 is 23.1 Å². The zero-order valence-corrected chi connectivity index (χ0v) is 13.7. The third-order valence-electron chi connectivity index (χ3n) is 4.20. The van der Waals surface area contributed by atoms with Crippen molar-refractivity contribution in [3.05, 3.63) is 71.4 Å². The van der Waals surface area contributed by atoms with E-state index in [1.807, 2.05) is 24.3 Å². The monoisotopic (exact) mass is 362 g/mol. The molecule has 136 valence electrons. The van der Waals surface area contributed by atoms with Crippen LogP contribution >= 0.6 is 0 Å². The summed E-state index contributed by atoms with van der Waals surface area (Å²) in [5, 5.41) is 13.2. The summed E-state index contributed by atoms with van der Waals surface area (Å²) in [6.07, 6.45) is -2.45. The smallest absolute Gasteiger partial charge is 0.416 e. The Morgan fingerprint density at radius 2 is 1.92 bits per heavy atom. The predicted molar refractivity (Wildman–Crippen MR) is 91.7 cm³/mol. The number of carboxylic acids is 1. The second-order valence-corrected chi connectivity index (χ2v) is 6.03. The van der Waals surface area contributed by atoms with Crippen LogP contribution in [0.4, 0.5) is 13.2 Å². The third-order valence-corrected chi connectivity index (χ3v) is 4.20. The number of halogens is 3. The fourth-order valence-electron chi connectivity index (χ4n) is 2.87. The fourth-order valence-corrected chi connectivity index (χ4v) is 2.87. The van der Waals surface area contributed by atoms with E-state index in [1.165, 1.54) is 12.1 Å². The first-order valence-electron chi connectivity index (χ1n) is 8.02. The lowest BCUT2D eigenvalue weighted by Crippen LogP contribution is -2.38. The Labute approximate surface area is 147 Å². The summed E-state index contributed by atoms with van der Waals surface area (Å²) in [4.78, 5) is 14.6. The van der Waals surface area contributed by atoms with Gasteiger partial charge in [0.1, 0.15) is 6.04 Å². The Morgan fingerprint density at radius 3 is 2.65 bits per heavy atom. The van der Waals surface area contributed by atoms with E-state index in [1.54, 1.807) is 6.20 Å². The number of benzene rings is 2. The lowest BCUT2D eigenvalue weighted by atomic mass is 10.0. The van der Waals surface area contributed by atoms with Gasteiger partial charge in [0.2, 0.25) is 0 Å². The van der Waals surface area contributed by atoms with Gasteiger partial charge in [-0.3, -0.25) is 4.79 Å². The number of hydrogen-bond acceptors (Lipinski definition) is 2. The molecule has 0 aliphatic rings. The molecule has 0 aliphatic heterocycles. The van der Waals surface area contributed by atoms with Crippen molar-refractivity contribution in [1.82, 2.24) is 10.3 Å². The van der Waals surface area contributed by atoms with Gasteiger partial charge in [0, 0.05) is 30.1 Å². The Bertz CT molecular complexity index is 918. The SMILES string of the molecule is O=C(O)C(Cc1c[nH]c2ccccc12)NCc1cccc(C(F)(F)F)c1. The number of alkyl halides is 3. The predicted octanol–water partition coefficient (Wildman–Crippen LogP) is 3.97. The molecule has 1 unspecified atom stereocenters. The number of H-pyrrole nitrogens is 1. The first kappa shape index (κ1) is 18.0. The van der Waals surface area contributed by atoms with Crippen molar-refractivity contribution in [3.8, 4) is 0 Å². The molecule has 2 aromatic carbocycles. The van der Waals surface area contributed by atoms with Gasteiger partial charge in [-0.05, 0) is 23.3 Å². The van der Waals surface area contributed by atoms with E-state index in [0.717, 1.165) is 28.6 Å². The molecule has 1 aromatic heterocycles. The maximum atomic E-state index is 12.8. The molecule has 0 radical (unpaired) electrons. The van der Waals surface area contributed by atoms with E-state index in [0.29, 0.717) is 5.56 Å². The summed E-state index contributed by atoms with van der Waals surface area (Å²) in [5.74, 6) is -1.05. The number of hydrogen-bond donors (Lipinski definition) is 3. The van der Waals surface area contributed by atoms with Crippen molar-refractivity contribution in [1.29, 1.82) is 0 Å². The molecule has 1 heterocycles. The molecule has 0 saturated carbocycles. The van der Waals surface area contributed by atoms with Crippen molar-refractivity contribution in [2.45, 2.75) is 25.2 Å². The van der Waals surface area contributed by atoms with E-state index in [4.69, 9.17) is 0 Å². The highest BCUT2D eigenvalue weighted by atomic mass is 19.4. The summed E-state index contributed by atoms with van der Waals surface area (Å²) in [5.41, 5.74) is 1.37. The molecule has 26 heavy (non-hydrogen) atoms. The molecule has 0 spiro atoms. The summed E-state index contributed by atoms with van der Waals surface area (Å²) >= 11 is 0. The molecule has 3 rings (SSSR count). The molecule has 0 fully saturated rings. The largest absolute Gasteiger partial charge is 0.480 e. The number of aromatic nitrogens is 1. The third kappa shape index (κ3) is 4.05. The molecule has 0 saturated heterocycles. The Balaban J connectivity index is 1.73. The highest BCUT2D eigenvalue weighted by Crippen LogP contribution is 2.29. The van der Waals surface area contributed by atoms with Crippen LogP contribution in [-0.4, -0.2) is 22.1 Å². The average Bonchev–Trinajstić information content (AvgIpc) is 3.01. The van der Waals surface area contributed by atoms with Crippen molar-refractivity contribution >= 4 is 16.9 Å². The van der Waals surface area contributed by atoms with Gasteiger partial charge in [0.15, 0.2) is 0 Å². The van der Waals surface area contributed by atoms with Gasteiger partial charge >= 0.3 is 12.1 Å². The number of aliphatic carboxylic acids is 1. The van der Waals surface area contributed by atoms with Gasteiger partial charge in [-0.15, -0.1) is 0 Å². The van der Waals surface area contributed by atoms with E-state index < -0.39 is 23.8 Å². The topological polar surface area (TPSA) is 65.1 Å². The number of nitrogens with one attached hydrogen (secondary N) is 2. The number of fused-ring (bicyclic) bond motifs is 1. The van der Waals surface area contributed by atoms with Gasteiger partial charge in [0.05, 0.1) is 5.56 Å². The minimum atomic E-state index is -4.42. The van der Waals surface area contributed by atoms with Crippen LogP contribution in [0.15, 0.2) is 54.7 Å². The first-order chi connectivity index (χ1) is 12.3. The van der Waals surface area contributed by atoms with Crippen LogP contribution < -0.4 is 5.32 Å². The second kappa shape index (κ2) is 7.21. The lowest BCUT2D eigenvalue weighted by molar-refractivity contribution is -0.140. The van der Waals surface area contributed by atoms with E-state index >= 15 is 0 Å². The molecular formula is C19H17F3N2O2. The van der Waals surface area contributed by atoms with Crippen LogP contribution in [0.25, 0.3) is 10.9 Å². The van der Waals surface area contributed by atoms with E-state index in [9.17, 15) is 23.1 Å². The van der Waals surface area contributed by atoms with E-state index in [2.05, 4.69) is 10.3 Å². The van der Waals surface area contributed by atoms with Crippen LogP contribution in [0.2, 0.25) is 0 Å². The normalized spacial score (nSPS) is 13.0. The first-order valence-corrected chi connectivity index (χ1v) is 8.02. The molecule has 0 bridgehead atoms. The minimum absolute atomic E-state index is 0.0310.